The lowest BCUT2D eigenvalue weighted by molar-refractivity contribution is 0.315. The number of nitrogens with zero attached hydrogens (tertiary/aromatic N) is 3. The molecule has 0 radical (unpaired) electrons. The highest BCUT2D eigenvalue weighted by molar-refractivity contribution is 5.42. The fourth-order valence-electron chi connectivity index (χ4n) is 2.38. The highest BCUT2D eigenvalue weighted by Gasteiger charge is 2.24. The third kappa shape index (κ3) is 3.21. The molecule has 0 saturated carbocycles. The van der Waals surface area contributed by atoms with E-state index in [0.717, 1.165) is 32.0 Å². The molecule has 1 aromatic heterocycles. The van der Waals surface area contributed by atoms with Gasteiger partial charge >= 0.3 is 0 Å². The molecular formula is C14H24N4. The Bertz CT molecular complexity index is 378. The van der Waals surface area contributed by atoms with E-state index in [2.05, 4.69) is 53.3 Å². The highest BCUT2D eigenvalue weighted by Crippen LogP contribution is 2.20. The van der Waals surface area contributed by atoms with Crippen LogP contribution in [0.4, 0.5) is 5.82 Å². The largest absolute Gasteiger partial charge is 0.355 e. The standard InChI is InChI=1S/C14H24N4/c1-4-15-10-12-5-7-16-14(9-12)18-8-6-13(11-18)17(2)3/h5,7,9,13,15H,4,6,8,10-11H2,1-3H3. The SMILES string of the molecule is CCNCc1ccnc(N2CCC(N(C)C)C2)c1. The molecule has 100 valence electrons. The predicted molar refractivity (Wildman–Crippen MR) is 75.9 cm³/mol. The van der Waals surface area contributed by atoms with E-state index in [1.165, 1.54) is 12.0 Å². The van der Waals surface area contributed by atoms with Crippen molar-refractivity contribution in [1.29, 1.82) is 0 Å². The monoisotopic (exact) mass is 248 g/mol. The topological polar surface area (TPSA) is 31.4 Å². The predicted octanol–water partition coefficient (Wildman–Crippen LogP) is 1.33. The summed E-state index contributed by atoms with van der Waals surface area (Å²) < 4.78 is 0. The van der Waals surface area contributed by atoms with Gasteiger partial charge in [0.2, 0.25) is 0 Å². The van der Waals surface area contributed by atoms with E-state index in [9.17, 15) is 0 Å². The van der Waals surface area contributed by atoms with Crippen molar-refractivity contribution >= 4 is 5.82 Å². The second-order valence-electron chi connectivity index (χ2n) is 5.15. The molecule has 0 aromatic carbocycles. The van der Waals surface area contributed by atoms with Gasteiger partial charge in [-0.2, -0.15) is 0 Å². The number of hydrogen-bond donors (Lipinski definition) is 1. The summed E-state index contributed by atoms with van der Waals surface area (Å²) >= 11 is 0. The zero-order valence-corrected chi connectivity index (χ0v) is 11.7. The van der Waals surface area contributed by atoms with Crippen LogP contribution in [-0.4, -0.2) is 49.7 Å². The molecule has 1 fully saturated rings. The minimum absolute atomic E-state index is 0.657. The molecule has 0 bridgehead atoms. The summed E-state index contributed by atoms with van der Waals surface area (Å²) in [5.41, 5.74) is 1.31. The first-order valence-electron chi connectivity index (χ1n) is 6.77. The summed E-state index contributed by atoms with van der Waals surface area (Å²) in [5.74, 6) is 1.12. The van der Waals surface area contributed by atoms with Gasteiger partial charge in [0.25, 0.3) is 0 Å². The van der Waals surface area contributed by atoms with E-state index in [1.54, 1.807) is 0 Å². The Balaban J connectivity index is 2.01. The van der Waals surface area contributed by atoms with Crippen molar-refractivity contribution in [3.63, 3.8) is 0 Å². The van der Waals surface area contributed by atoms with Crippen molar-refractivity contribution in [3.05, 3.63) is 23.9 Å². The van der Waals surface area contributed by atoms with Crippen molar-refractivity contribution < 1.29 is 0 Å². The van der Waals surface area contributed by atoms with Crippen LogP contribution in [0.15, 0.2) is 18.3 Å². The normalized spacial score (nSPS) is 19.8. The lowest BCUT2D eigenvalue weighted by Crippen LogP contribution is -2.31. The lowest BCUT2D eigenvalue weighted by Gasteiger charge is -2.21. The van der Waals surface area contributed by atoms with Gasteiger partial charge in [-0.3, -0.25) is 0 Å². The molecule has 0 amide bonds. The van der Waals surface area contributed by atoms with Crippen LogP contribution in [0.25, 0.3) is 0 Å². The molecule has 1 aromatic rings. The molecular weight excluding hydrogens is 224 g/mol. The van der Waals surface area contributed by atoms with Crippen LogP contribution in [0.1, 0.15) is 18.9 Å². The molecule has 1 N–H and O–H groups in total. The molecule has 1 aliphatic heterocycles. The molecule has 2 rings (SSSR count). The van der Waals surface area contributed by atoms with E-state index in [0.29, 0.717) is 6.04 Å². The number of likely N-dealkylation sites (N-methyl/N-ethyl adjacent to an activating group) is 1. The second-order valence-corrected chi connectivity index (χ2v) is 5.15. The minimum atomic E-state index is 0.657. The molecule has 18 heavy (non-hydrogen) atoms. The fourth-order valence-corrected chi connectivity index (χ4v) is 2.38. The van der Waals surface area contributed by atoms with Crippen LogP contribution < -0.4 is 10.2 Å². The quantitative estimate of drug-likeness (QED) is 0.852. The summed E-state index contributed by atoms with van der Waals surface area (Å²) in [6, 6.07) is 4.95. The number of hydrogen-bond acceptors (Lipinski definition) is 4. The van der Waals surface area contributed by atoms with Crippen molar-refractivity contribution in [2.45, 2.75) is 25.9 Å². The van der Waals surface area contributed by atoms with Gasteiger partial charge in [-0.25, -0.2) is 4.98 Å². The van der Waals surface area contributed by atoms with Gasteiger partial charge in [0.05, 0.1) is 0 Å². The van der Waals surface area contributed by atoms with E-state index in [4.69, 9.17) is 0 Å². The number of pyridine rings is 1. The Morgan fingerprint density at radius 2 is 2.33 bits per heavy atom. The smallest absolute Gasteiger partial charge is 0.128 e. The van der Waals surface area contributed by atoms with Crippen LogP contribution >= 0.6 is 0 Å². The van der Waals surface area contributed by atoms with Gasteiger partial charge in [-0.1, -0.05) is 6.92 Å². The zero-order valence-electron chi connectivity index (χ0n) is 11.7. The van der Waals surface area contributed by atoms with Crippen LogP contribution in [0.5, 0.6) is 0 Å². The van der Waals surface area contributed by atoms with E-state index in [-0.39, 0.29) is 0 Å². The Labute approximate surface area is 110 Å². The van der Waals surface area contributed by atoms with Gasteiger partial charge in [0, 0.05) is 31.9 Å². The molecule has 0 aliphatic carbocycles. The average molecular weight is 248 g/mol. The van der Waals surface area contributed by atoms with Gasteiger partial charge in [-0.15, -0.1) is 0 Å². The Morgan fingerprint density at radius 1 is 1.50 bits per heavy atom. The van der Waals surface area contributed by atoms with Crippen molar-refractivity contribution in [2.75, 3.05) is 38.6 Å². The summed E-state index contributed by atoms with van der Waals surface area (Å²) in [5, 5.41) is 3.35. The third-order valence-electron chi connectivity index (χ3n) is 3.61. The number of aromatic nitrogens is 1. The third-order valence-corrected chi connectivity index (χ3v) is 3.61. The summed E-state index contributed by atoms with van der Waals surface area (Å²) in [6.07, 6.45) is 3.15. The van der Waals surface area contributed by atoms with Crippen LogP contribution in [0.2, 0.25) is 0 Å². The second kappa shape index (κ2) is 6.16. The van der Waals surface area contributed by atoms with Crippen molar-refractivity contribution in [2.24, 2.45) is 0 Å². The number of anilines is 1. The first-order valence-corrected chi connectivity index (χ1v) is 6.77. The maximum absolute atomic E-state index is 4.50. The van der Waals surface area contributed by atoms with E-state index in [1.807, 2.05) is 6.20 Å². The number of rotatable bonds is 5. The summed E-state index contributed by atoms with van der Waals surface area (Å²) in [4.78, 5) is 9.20. The number of nitrogens with one attached hydrogen (secondary N) is 1. The maximum Gasteiger partial charge on any atom is 0.128 e. The molecule has 1 unspecified atom stereocenters. The zero-order chi connectivity index (χ0) is 13.0. The van der Waals surface area contributed by atoms with E-state index >= 15 is 0 Å². The molecule has 4 heteroatoms. The van der Waals surface area contributed by atoms with Crippen LogP contribution in [0.3, 0.4) is 0 Å². The maximum atomic E-state index is 4.50. The summed E-state index contributed by atoms with van der Waals surface area (Å²) in [6.45, 7) is 6.26. The van der Waals surface area contributed by atoms with Gasteiger partial charge in [-0.05, 0) is 44.8 Å². The average Bonchev–Trinajstić information content (AvgIpc) is 2.86. The fraction of sp³-hybridized carbons (Fsp3) is 0.643. The summed E-state index contributed by atoms with van der Waals surface area (Å²) in [7, 11) is 4.31. The Hall–Kier alpha value is -1.13. The molecule has 4 nitrogen and oxygen atoms in total. The molecule has 1 aliphatic rings. The highest BCUT2D eigenvalue weighted by atomic mass is 15.3. The van der Waals surface area contributed by atoms with Crippen LogP contribution in [-0.2, 0) is 6.54 Å². The van der Waals surface area contributed by atoms with Gasteiger partial charge in [0.1, 0.15) is 5.82 Å². The van der Waals surface area contributed by atoms with Crippen molar-refractivity contribution in [1.82, 2.24) is 15.2 Å². The lowest BCUT2D eigenvalue weighted by atomic mass is 10.2. The van der Waals surface area contributed by atoms with Crippen LogP contribution in [0, 0.1) is 0 Å². The Kier molecular flexibility index (Phi) is 4.55. The minimum Gasteiger partial charge on any atom is -0.355 e. The molecule has 0 spiro atoms. The van der Waals surface area contributed by atoms with Gasteiger partial charge in [0.15, 0.2) is 0 Å². The molecule has 1 atom stereocenters. The molecule has 1 saturated heterocycles. The van der Waals surface area contributed by atoms with Gasteiger partial charge < -0.3 is 15.1 Å². The Morgan fingerprint density at radius 3 is 3.00 bits per heavy atom. The van der Waals surface area contributed by atoms with Crippen molar-refractivity contribution in [3.8, 4) is 0 Å². The molecule has 2 heterocycles. The first-order chi connectivity index (χ1) is 8.70. The first kappa shape index (κ1) is 13.3. The van der Waals surface area contributed by atoms with E-state index < -0.39 is 0 Å².